The Labute approximate surface area is 214 Å². The van der Waals surface area contributed by atoms with E-state index in [9.17, 15) is 4.79 Å². The zero-order valence-corrected chi connectivity index (χ0v) is 20.7. The van der Waals surface area contributed by atoms with Crippen LogP contribution in [0, 0.1) is 0 Å². The molecule has 0 saturated heterocycles. The van der Waals surface area contributed by atoms with Crippen LogP contribution in [0.25, 0.3) is 11.1 Å². The van der Waals surface area contributed by atoms with Crippen LogP contribution >= 0.6 is 11.8 Å². The van der Waals surface area contributed by atoms with E-state index in [1.807, 2.05) is 90.4 Å². The lowest BCUT2D eigenvalue weighted by atomic mass is 10.0. The average molecular weight is 499 g/mol. The zero-order valence-electron chi connectivity index (χ0n) is 19.8. The molecular weight excluding hydrogens is 472 g/mol. The van der Waals surface area contributed by atoms with Crippen molar-refractivity contribution in [3.8, 4) is 22.6 Å². The van der Waals surface area contributed by atoms with Gasteiger partial charge < -0.3 is 14.8 Å². The van der Waals surface area contributed by atoms with Crippen molar-refractivity contribution in [2.24, 2.45) is 0 Å². The average Bonchev–Trinajstić information content (AvgIpc) is 3.31. The van der Waals surface area contributed by atoms with E-state index in [0.29, 0.717) is 35.6 Å². The number of nitrogens with one attached hydrogen (secondary N) is 1. The molecule has 1 aliphatic rings. The van der Waals surface area contributed by atoms with Crippen LogP contribution in [-0.2, 0) is 11.3 Å². The normalized spacial score (nSPS) is 15.2. The number of fused-ring (bicyclic) bond motifs is 1. The van der Waals surface area contributed by atoms with Crippen LogP contribution in [0.3, 0.4) is 0 Å². The van der Waals surface area contributed by atoms with Gasteiger partial charge in [-0.25, -0.2) is 0 Å². The number of aromatic nitrogens is 3. The lowest BCUT2D eigenvalue weighted by Gasteiger charge is -2.26. The van der Waals surface area contributed by atoms with Crippen molar-refractivity contribution in [3.05, 3.63) is 97.3 Å². The van der Waals surface area contributed by atoms with Crippen LogP contribution < -0.4 is 14.8 Å². The van der Waals surface area contributed by atoms with Crippen LogP contribution in [0.5, 0.6) is 11.5 Å². The first-order chi connectivity index (χ1) is 17.6. The van der Waals surface area contributed by atoms with Gasteiger partial charge in [0.15, 0.2) is 28.6 Å². The van der Waals surface area contributed by atoms with Gasteiger partial charge in [-0.15, -0.1) is 16.8 Å². The number of carbonyl (C=O) groups excluding carboxylic acids is 1. The molecule has 0 bridgehead atoms. The number of carbonyl (C=O) groups is 1. The minimum Gasteiger partial charge on any atom is -0.485 e. The fraction of sp³-hybridized carbons (Fsp3) is 0.179. The fourth-order valence-electron chi connectivity index (χ4n) is 3.98. The van der Waals surface area contributed by atoms with E-state index in [2.05, 4.69) is 22.1 Å². The van der Waals surface area contributed by atoms with E-state index in [0.717, 1.165) is 16.8 Å². The maximum Gasteiger partial charge on any atom is 0.237 e. The largest absolute Gasteiger partial charge is 0.485 e. The summed E-state index contributed by atoms with van der Waals surface area (Å²) in [6.07, 6.45) is 1.36. The van der Waals surface area contributed by atoms with E-state index in [1.165, 1.54) is 11.8 Å². The molecule has 4 aromatic rings. The molecule has 0 spiro atoms. The minimum atomic E-state index is -0.418. The van der Waals surface area contributed by atoms with Crippen molar-refractivity contribution in [2.45, 2.75) is 30.0 Å². The number of thioether (sulfide) groups is 1. The maximum atomic E-state index is 13.2. The Balaban J connectivity index is 1.32. The Morgan fingerprint density at radius 2 is 1.81 bits per heavy atom. The summed E-state index contributed by atoms with van der Waals surface area (Å²) in [4.78, 5) is 13.2. The Bertz CT molecular complexity index is 1370. The third-order valence-corrected chi connectivity index (χ3v) is 6.86. The summed E-state index contributed by atoms with van der Waals surface area (Å²) in [6, 6.07) is 25.3. The second-order valence-electron chi connectivity index (χ2n) is 8.27. The van der Waals surface area contributed by atoms with Crippen molar-refractivity contribution in [1.29, 1.82) is 0 Å². The topological polar surface area (TPSA) is 78.3 Å². The van der Waals surface area contributed by atoms with Gasteiger partial charge in [0.05, 0.1) is 5.25 Å². The number of ether oxygens (including phenoxy) is 2. The number of benzene rings is 3. The molecule has 36 heavy (non-hydrogen) atoms. The summed E-state index contributed by atoms with van der Waals surface area (Å²) in [7, 11) is 0. The molecule has 0 radical (unpaired) electrons. The summed E-state index contributed by atoms with van der Waals surface area (Å²) in [6.45, 7) is 6.53. The molecule has 1 aliphatic heterocycles. The predicted molar refractivity (Wildman–Crippen MR) is 141 cm³/mol. The minimum absolute atomic E-state index is 0.121. The second-order valence-corrected chi connectivity index (χ2v) is 9.57. The molecule has 0 unspecified atom stereocenters. The van der Waals surface area contributed by atoms with Gasteiger partial charge >= 0.3 is 0 Å². The molecule has 1 N–H and O–H groups in total. The Kier molecular flexibility index (Phi) is 7.04. The predicted octanol–water partition coefficient (Wildman–Crippen LogP) is 5.76. The number of amides is 1. The molecule has 7 nitrogen and oxygen atoms in total. The number of para-hydroxylation sites is 3. The highest BCUT2D eigenvalue weighted by atomic mass is 32.2. The molecule has 8 heteroatoms. The van der Waals surface area contributed by atoms with E-state index in [4.69, 9.17) is 9.47 Å². The van der Waals surface area contributed by atoms with Crippen molar-refractivity contribution >= 4 is 23.4 Å². The zero-order chi connectivity index (χ0) is 24.9. The highest BCUT2D eigenvalue weighted by Gasteiger charge is 2.29. The first-order valence-electron chi connectivity index (χ1n) is 11.7. The van der Waals surface area contributed by atoms with Gasteiger partial charge in [-0.1, -0.05) is 78.5 Å². The number of nitrogens with zero attached hydrogens (tertiary/aromatic N) is 3. The molecular formula is C28H26N4O3S. The van der Waals surface area contributed by atoms with E-state index >= 15 is 0 Å². The summed E-state index contributed by atoms with van der Waals surface area (Å²) < 4.78 is 13.9. The fourth-order valence-corrected chi connectivity index (χ4v) is 4.85. The van der Waals surface area contributed by atoms with E-state index in [-0.39, 0.29) is 5.91 Å². The molecule has 0 fully saturated rings. The standard InChI is InChI=1S/C28H26N4O3S/c1-3-17-32-26(25-18-34-23-15-9-10-16-24(23)35-25)30-31-28(32)36-19(2)27(33)29-22-14-8-7-13-21(22)20-11-5-4-6-12-20/h3-16,19,25H,1,17-18H2,2H3,(H,29,33)/t19-,25+/m1/s1. The number of allylic oxidation sites excluding steroid dienone is 1. The summed E-state index contributed by atoms with van der Waals surface area (Å²) in [5, 5.41) is 12.0. The van der Waals surface area contributed by atoms with E-state index in [1.54, 1.807) is 6.08 Å². The SMILES string of the molecule is C=CCn1c(S[C@H](C)C(=O)Nc2ccccc2-c2ccccc2)nnc1[C@@H]1COc2ccccc2O1. The molecule has 3 aromatic carbocycles. The number of rotatable bonds is 8. The van der Waals surface area contributed by atoms with Gasteiger partial charge in [-0.05, 0) is 30.7 Å². The first-order valence-corrected chi connectivity index (χ1v) is 12.6. The molecule has 182 valence electrons. The van der Waals surface area contributed by atoms with Crippen molar-refractivity contribution in [2.75, 3.05) is 11.9 Å². The molecule has 0 aliphatic carbocycles. The van der Waals surface area contributed by atoms with Crippen LogP contribution in [0.4, 0.5) is 5.69 Å². The maximum absolute atomic E-state index is 13.2. The quantitative estimate of drug-likeness (QED) is 0.246. The summed E-state index contributed by atoms with van der Waals surface area (Å²) >= 11 is 1.34. The van der Waals surface area contributed by atoms with Gasteiger partial charge in [-0.3, -0.25) is 9.36 Å². The molecule has 0 saturated carbocycles. The smallest absolute Gasteiger partial charge is 0.237 e. The molecule has 5 rings (SSSR count). The number of hydrogen-bond acceptors (Lipinski definition) is 6. The lowest BCUT2D eigenvalue weighted by molar-refractivity contribution is -0.115. The monoisotopic (exact) mass is 498 g/mol. The highest BCUT2D eigenvalue weighted by Crippen LogP contribution is 2.36. The molecule has 1 aromatic heterocycles. The van der Waals surface area contributed by atoms with Crippen LogP contribution in [0.15, 0.2) is 96.7 Å². The Morgan fingerprint density at radius 3 is 2.61 bits per heavy atom. The number of anilines is 1. The van der Waals surface area contributed by atoms with Crippen molar-refractivity contribution in [3.63, 3.8) is 0 Å². The van der Waals surface area contributed by atoms with Crippen molar-refractivity contribution in [1.82, 2.24) is 14.8 Å². The van der Waals surface area contributed by atoms with Crippen molar-refractivity contribution < 1.29 is 14.3 Å². The van der Waals surface area contributed by atoms with Gasteiger partial charge in [0.1, 0.15) is 6.61 Å². The van der Waals surface area contributed by atoms with Gasteiger partial charge in [0.2, 0.25) is 5.91 Å². The highest BCUT2D eigenvalue weighted by molar-refractivity contribution is 8.00. The third kappa shape index (κ3) is 4.99. The van der Waals surface area contributed by atoms with Crippen LogP contribution in [0.1, 0.15) is 18.9 Å². The van der Waals surface area contributed by atoms with Crippen LogP contribution in [0.2, 0.25) is 0 Å². The van der Waals surface area contributed by atoms with Gasteiger partial charge in [0.25, 0.3) is 0 Å². The summed E-state index contributed by atoms with van der Waals surface area (Å²) in [5.41, 5.74) is 2.77. The third-order valence-electron chi connectivity index (χ3n) is 5.77. The van der Waals surface area contributed by atoms with Gasteiger partial charge in [-0.2, -0.15) is 0 Å². The van der Waals surface area contributed by atoms with E-state index < -0.39 is 11.4 Å². The Morgan fingerprint density at radius 1 is 1.08 bits per heavy atom. The Hall–Kier alpha value is -4.04. The number of hydrogen-bond donors (Lipinski definition) is 1. The first kappa shape index (κ1) is 23.7. The lowest BCUT2D eigenvalue weighted by Crippen LogP contribution is -2.25. The molecule has 1 amide bonds. The molecule has 2 atom stereocenters. The molecule has 2 heterocycles. The van der Waals surface area contributed by atoms with Crippen LogP contribution in [-0.4, -0.2) is 32.5 Å². The van der Waals surface area contributed by atoms with Gasteiger partial charge in [0, 0.05) is 17.8 Å². The summed E-state index contributed by atoms with van der Waals surface area (Å²) in [5.74, 6) is 1.89. The second kappa shape index (κ2) is 10.7.